The predicted octanol–water partition coefficient (Wildman–Crippen LogP) is 4.63. The number of nitrogens with one attached hydrogen (secondary N) is 1. The topological polar surface area (TPSA) is 58.6 Å². The highest BCUT2D eigenvalue weighted by Gasteiger charge is 2.62. The van der Waals surface area contributed by atoms with E-state index >= 15 is 0 Å². The van der Waals surface area contributed by atoms with E-state index in [0.717, 1.165) is 59.6 Å². The summed E-state index contributed by atoms with van der Waals surface area (Å²) in [6.45, 7) is 1.93. The van der Waals surface area contributed by atoms with Gasteiger partial charge in [-0.15, -0.1) is 0 Å². The van der Waals surface area contributed by atoms with Crippen molar-refractivity contribution in [3.8, 4) is 5.75 Å². The van der Waals surface area contributed by atoms with E-state index < -0.39 is 0 Å². The Morgan fingerprint density at radius 2 is 1.82 bits per heavy atom. The second kappa shape index (κ2) is 8.40. The van der Waals surface area contributed by atoms with E-state index in [2.05, 4.69) is 31.5 Å². The van der Waals surface area contributed by atoms with Crippen LogP contribution < -0.4 is 5.32 Å². The Kier molecular flexibility index (Phi) is 5.65. The van der Waals surface area contributed by atoms with E-state index in [4.69, 9.17) is 4.74 Å². The third kappa shape index (κ3) is 3.87. The fourth-order valence-corrected chi connectivity index (χ4v) is 6.59. The molecule has 3 atom stereocenters. The highest BCUT2D eigenvalue weighted by molar-refractivity contribution is 5.98. The SMILES string of the molecule is CO[C@]12CC[C@H](NC(=O)c3ccc4ccccc4c3)C[C@]1(c1cccc(O)c1)CC[N+](C)(C)C2. The second-order valence-corrected chi connectivity index (χ2v) is 10.9. The van der Waals surface area contributed by atoms with Gasteiger partial charge in [0.05, 0.1) is 20.6 Å². The van der Waals surface area contributed by atoms with Gasteiger partial charge in [-0.05, 0) is 59.9 Å². The summed E-state index contributed by atoms with van der Waals surface area (Å²) in [6, 6.07) is 21.7. The van der Waals surface area contributed by atoms with Gasteiger partial charge in [0.25, 0.3) is 5.91 Å². The van der Waals surface area contributed by atoms with E-state index in [0.29, 0.717) is 5.56 Å². The van der Waals surface area contributed by atoms with Crippen LogP contribution in [0.25, 0.3) is 10.8 Å². The Balaban J connectivity index is 1.46. The number of phenolic OH excluding ortho intramolecular Hbond substituents is 1. The van der Waals surface area contributed by atoms with Gasteiger partial charge in [-0.3, -0.25) is 4.79 Å². The molecule has 1 aliphatic heterocycles. The number of benzene rings is 3. The molecule has 5 rings (SSSR count). The number of fused-ring (bicyclic) bond motifs is 2. The van der Waals surface area contributed by atoms with Crippen molar-refractivity contribution in [1.82, 2.24) is 5.32 Å². The van der Waals surface area contributed by atoms with Gasteiger partial charge in [0, 0.05) is 30.6 Å². The zero-order valence-corrected chi connectivity index (χ0v) is 20.4. The van der Waals surface area contributed by atoms with Crippen molar-refractivity contribution in [3.05, 3.63) is 77.9 Å². The molecule has 0 radical (unpaired) electrons. The first kappa shape index (κ1) is 22.9. The largest absolute Gasteiger partial charge is 0.508 e. The first-order valence-electron chi connectivity index (χ1n) is 12.2. The molecule has 1 saturated carbocycles. The van der Waals surface area contributed by atoms with Gasteiger partial charge in [-0.25, -0.2) is 0 Å². The molecule has 0 bridgehead atoms. The van der Waals surface area contributed by atoms with E-state index in [1.54, 1.807) is 6.07 Å². The maximum atomic E-state index is 13.3. The number of amides is 1. The fraction of sp³-hybridized carbons (Fsp3) is 0.414. The summed E-state index contributed by atoms with van der Waals surface area (Å²) in [6.07, 6.45) is 3.47. The van der Waals surface area contributed by atoms with Crippen molar-refractivity contribution >= 4 is 16.7 Å². The number of piperidine rings is 1. The van der Waals surface area contributed by atoms with E-state index in [1.165, 1.54) is 0 Å². The number of likely N-dealkylation sites (tertiary alicyclic amines) is 1. The van der Waals surface area contributed by atoms with Crippen molar-refractivity contribution < 1.29 is 19.1 Å². The summed E-state index contributed by atoms with van der Waals surface area (Å²) in [5.74, 6) is 0.247. The zero-order valence-electron chi connectivity index (χ0n) is 20.4. The Labute approximate surface area is 201 Å². The Hall–Kier alpha value is -2.89. The van der Waals surface area contributed by atoms with Crippen LogP contribution in [0.3, 0.4) is 0 Å². The van der Waals surface area contributed by atoms with Crippen LogP contribution in [0.5, 0.6) is 5.75 Å². The molecule has 0 spiro atoms. The Bertz CT molecular complexity index is 1220. The quantitative estimate of drug-likeness (QED) is 0.559. The number of hydrogen-bond donors (Lipinski definition) is 2. The summed E-state index contributed by atoms with van der Waals surface area (Å²) in [5.41, 5.74) is 1.19. The highest BCUT2D eigenvalue weighted by Crippen LogP contribution is 2.54. The number of likely N-dealkylation sites (N-methyl/N-ethyl adjacent to an activating group) is 1. The molecule has 0 unspecified atom stereocenters. The van der Waals surface area contributed by atoms with Crippen LogP contribution in [0.1, 0.15) is 41.6 Å². The number of nitrogens with zero attached hydrogens (tertiary/aromatic N) is 1. The minimum absolute atomic E-state index is 0.0290. The van der Waals surface area contributed by atoms with Crippen molar-refractivity contribution in [2.45, 2.75) is 42.7 Å². The van der Waals surface area contributed by atoms with Gasteiger partial charge in [-0.1, -0.05) is 42.5 Å². The molecule has 34 heavy (non-hydrogen) atoms. The van der Waals surface area contributed by atoms with Gasteiger partial charge >= 0.3 is 0 Å². The van der Waals surface area contributed by atoms with Gasteiger partial charge in [-0.2, -0.15) is 0 Å². The molecule has 2 fully saturated rings. The molecular formula is C29H35N2O3+. The van der Waals surface area contributed by atoms with Crippen molar-refractivity contribution in [2.75, 3.05) is 34.3 Å². The molecule has 3 aromatic rings. The van der Waals surface area contributed by atoms with Crippen LogP contribution in [0.4, 0.5) is 0 Å². The number of phenols is 1. The molecule has 5 heteroatoms. The third-order valence-corrected chi connectivity index (χ3v) is 8.33. The fourth-order valence-electron chi connectivity index (χ4n) is 6.59. The van der Waals surface area contributed by atoms with Crippen LogP contribution in [0.15, 0.2) is 66.7 Å². The lowest BCUT2D eigenvalue weighted by Crippen LogP contribution is -2.71. The Morgan fingerprint density at radius 3 is 2.59 bits per heavy atom. The van der Waals surface area contributed by atoms with Gasteiger partial charge < -0.3 is 19.6 Å². The molecule has 5 nitrogen and oxygen atoms in total. The molecule has 1 saturated heterocycles. The minimum atomic E-state index is -0.341. The van der Waals surface area contributed by atoms with Crippen molar-refractivity contribution in [1.29, 1.82) is 0 Å². The monoisotopic (exact) mass is 459 g/mol. The number of methoxy groups -OCH3 is 1. The highest BCUT2D eigenvalue weighted by atomic mass is 16.5. The zero-order chi connectivity index (χ0) is 24.0. The number of carbonyl (C=O) groups is 1. The molecule has 2 aliphatic rings. The molecule has 1 amide bonds. The summed E-state index contributed by atoms with van der Waals surface area (Å²) in [5, 5.41) is 15.9. The lowest BCUT2D eigenvalue weighted by atomic mass is 9.54. The normalized spacial score (nSPS) is 28.3. The molecular weight excluding hydrogens is 424 g/mol. The maximum absolute atomic E-state index is 13.3. The lowest BCUT2D eigenvalue weighted by molar-refractivity contribution is -0.905. The molecule has 178 valence electrons. The third-order valence-electron chi connectivity index (χ3n) is 8.33. The Morgan fingerprint density at radius 1 is 1.03 bits per heavy atom. The maximum Gasteiger partial charge on any atom is 0.251 e. The van der Waals surface area contributed by atoms with Crippen LogP contribution in [0.2, 0.25) is 0 Å². The summed E-state index contributed by atoms with van der Waals surface area (Å²) in [7, 11) is 6.36. The molecule has 2 N–H and O–H groups in total. The summed E-state index contributed by atoms with van der Waals surface area (Å²) >= 11 is 0. The molecule has 1 aliphatic carbocycles. The second-order valence-electron chi connectivity index (χ2n) is 10.9. The average molecular weight is 460 g/mol. The minimum Gasteiger partial charge on any atom is -0.508 e. The number of ether oxygens (including phenoxy) is 1. The number of hydrogen-bond acceptors (Lipinski definition) is 3. The van der Waals surface area contributed by atoms with Crippen LogP contribution >= 0.6 is 0 Å². The van der Waals surface area contributed by atoms with Crippen LogP contribution in [-0.2, 0) is 10.2 Å². The van der Waals surface area contributed by atoms with E-state index in [9.17, 15) is 9.90 Å². The number of quaternary nitrogens is 1. The first-order chi connectivity index (χ1) is 16.3. The van der Waals surface area contributed by atoms with Crippen molar-refractivity contribution in [2.24, 2.45) is 0 Å². The van der Waals surface area contributed by atoms with Gasteiger partial charge in [0.1, 0.15) is 17.9 Å². The summed E-state index contributed by atoms with van der Waals surface area (Å²) in [4.78, 5) is 13.3. The number of aromatic hydroxyl groups is 1. The average Bonchev–Trinajstić information content (AvgIpc) is 2.83. The van der Waals surface area contributed by atoms with E-state index in [1.807, 2.05) is 55.6 Å². The van der Waals surface area contributed by atoms with Gasteiger partial charge in [0.15, 0.2) is 0 Å². The van der Waals surface area contributed by atoms with E-state index in [-0.39, 0.29) is 28.7 Å². The first-order valence-corrected chi connectivity index (χ1v) is 12.2. The van der Waals surface area contributed by atoms with Crippen molar-refractivity contribution in [3.63, 3.8) is 0 Å². The standard InChI is InChI=1S/C29H34N2O3/c1-31(2)16-15-28(24-9-6-10-26(32)18-24)19-25(13-14-29(28,20-31)34-3)30-27(33)23-12-11-21-7-4-5-8-22(21)17-23/h4-12,17-18,25H,13-16,19-20H2,1-3H3,(H-,30,32,33)/p+1/t25-,28-,29-/m0/s1. The number of carbonyl (C=O) groups excluding carboxylic acids is 1. The smallest absolute Gasteiger partial charge is 0.251 e. The molecule has 0 aromatic heterocycles. The molecule has 3 aromatic carbocycles. The predicted molar refractivity (Wildman–Crippen MR) is 135 cm³/mol. The molecule has 1 heterocycles. The van der Waals surface area contributed by atoms with Crippen LogP contribution in [-0.4, -0.2) is 61.4 Å². The van der Waals surface area contributed by atoms with Crippen LogP contribution in [0, 0.1) is 0 Å². The lowest BCUT2D eigenvalue weighted by Gasteiger charge is -2.60. The summed E-state index contributed by atoms with van der Waals surface area (Å²) < 4.78 is 7.30. The van der Waals surface area contributed by atoms with Gasteiger partial charge in [0.2, 0.25) is 0 Å². The number of rotatable bonds is 4.